The van der Waals surface area contributed by atoms with Crippen LogP contribution in [0.4, 0.5) is 0 Å². The molecule has 1 fully saturated rings. The van der Waals surface area contributed by atoms with Crippen LogP contribution < -0.4 is 0 Å². The van der Waals surface area contributed by atoms with Crippen molar-refractivity contribution in [2.24, 2.45) is 5.92 Å². The molecule has 1 spiro atoms. The largest absolute Gasteiger partial charge is 0.481 e. The van der Waals surface area contributed by atoms with Crippen LogP contribution >= 0.6 is 15.9 Å². The summed E-state index contributed by atoms with van der Waals surface area (Å²) in [5.41, 5.74) is 2.57. The quantitative estimate of drug-likeness (QED) is 0.858. The van der Waals surface area contributed by atoms with Gasteiger partial charge in [0, 0.05) is 9.89 Å². The van der Waals surface area contributed by atoms with E-state index in [1.807, 2.05) is 6.07 Å². The van der Waals surface area contributed by atoms with Crippen molar-refractivity contribution in [1.82, 2.24) is 0 Å². The van der Waals surface area contributed by atoms with Gasteiger partial charge in [-0.1, -0.05) is 28.1 Å². The summed E-state index contributed by atoms with van der Waals surface area (Å²) in [6, 6.07) is 6.19. The zero-order valence-corrected chi connectivity index (χ0v) is 10.5. The number of benzene rings is 1. The zero-order chi connectivity index (χ0) is 11.3. The highest BCUT2D eigenvalue weighted by Gasteiger charge is 2.56. The molecule has 2 aliphatic rings. The molecular formula is C13H13BrO2. The van der Waals surface area contributed by atoms with E-state index in [0.717, 1.165) is 30.2 Å². The third-order valence-electron chi connectivity index (χ3n) is 4.09. The second kappa shape index (κ2) is 3.33. The maximum absolute atomic E-state index is 11.3. The molecule has 1 aromatic rings. The average molecular weight is 281 g/mol. The normalized spacial score (nSPS) is 25.2. The lowest BCUT2D eigenvalue weighted by molar-refractivity contribution is -0.143. The van der Waals surface area contributed by atoms with E-state index in [1.54, 1.807) is 0 Å². The smallest absolute Gasteiger partial charge is 0.307 e. The maximum atomic E-state index is 11.3. The Balaban J connectivity index is 2.13. The molecule has 0 bridgehead atoms. The molecule has 2 aliphatic carbocycles. The predicted molar refractivity (Wildman–Crippen MR) is 64.5 cm³/mol. The van der Waals surface area contributed by atoms with Crippen molar-refractivity contribution >= 4 is 21.9 Å². The molecule has 2 nitrogen and oxygen atoms in total. The summed E-state index contributed by atoms with van der Waals surface area (Å²) in [4.78, 5) is 11.3. The van der Waals surface area contributed by atoms with Crippen LogP contribution in [0.5, 0.6) is 0 Å². The standard InChI is InChI=1S/C13H13BrO2/c14-11-3-1-2-9-8(11)4-5-10(12(15)16)13(9)6-7-13/h1-3,10H,4-7H2,(H,15,16). The first-order valence-electron chi connectivity index (χ1n) is 5.66. The van der Waals surface area contributed by atoms with Crippen molar-refractivity contribution in [1.29, 1.82) is 0 Å². The van der Waals surface area contributed by atoms with E-state index < -0.39 is 5.97 Å². The van der Waals surface area contributed by atoms with E-state index >= 15 is 0 Å². The van der Waals surface area contributed by atoms with Gasteiger partial charge in [0.05, 0.1) is 5.92 Å². The highest BCUT2D eigenvalue weighted by atomic mass is 79.9. The van der Waals surface area contributed by atoms with Crippen molar-refractivity contribution in [3.8, 4) is 0 Å². The molecule has 84 valence electrons. The highest BCUT2D eigenvalue weighted by molar-refractivity contribution is 9.10. The summed E-state index contributed by atoms with van der Waals surface area (Å²) in [5, 5.41) is 9.30. The first-order chi connectivity index (χ1) is 7.65. The molecule has 3 rings (SSSR count). The highest BCUT2D eigenvalue weighted by Crippen LogP contribution is 2.59. The van der Waals surface area contributed by atoms with Crippen LogP contribution in [0.25, 0.3) is 0 Å². The van der Waals surface area contributed by atoms with Crippen LogP contribution in [0.15, 0.2) is 22.7 Å². The summed E-state index contributed by atoms with van der Waals surface area (Å²) in [6.07, 6.45) is 3.74. The number of rotatable bonds is 1. The predicted octanol–water partition coefficient (Wildman–Crippen LogP) is 3.13. The molecule has 1 aromatic carbocycles. The van der Waals surface area contributed by atoms with Gasteiger partial charge in [-0.2, -0.15) is 0 Å². The number of carboxylic acids is 1. The van der Waals surface area contributed by atoms with E-state index in [9.17, 15) is 9.90 Å². The Hall–Kier alpha value is -0.830. The molecule has 1 N–H and O–H groups in total. The zero-order valence-electron chi connectivity index (χ0n) is 8.87. The van der Waals surface area contributed by atoms with Gasteiger partial charge in [-0.15, -0.1) is 0 Å². The van der Waals surface area contributed by atoms with Gasteiger partial charge in [0.2, 0.25) is 0 Å². The van der Waals surface area contributed by atoms with Gasteiger partial charge >= 0.3 is 5.97 Å². The van der Waals surface area contributed by atoms with Gasteiger partial charge in [-0.05, 0) is 42.9 Å². The minimum absolute atomic E-state index is 0.0385. The van der Waals surface area contributed by atoms with Crippen molar-refractivity contribution < 1.29 is 9.90 Å². The molecule has 0 amide bonds. The van der Waals surface area contributed by atoms with Gasteiger partial charge in [-0.3, -0.25) is 4.79 Å². The van der Waals surface area contributed by atoms with Crippen LogP contribution in [0.3, 0.4) is 0 Å². The molecular weight excluding hydrogens is 268 g/mol. The fourth-order valence-corrected chi connectivity index (χ4v) is 3.71. The maximum Gasteiger partial charge on any atom is 0.307 e. The molecule has 0 saturated heterocycles. The lowest BCUT2D eigenvalue weighted by Crippen LogP contribution is -2.33. The second-order valence-corrected chi connectivity index (χ2v) is 5.71. The first-order valence-corrected chi connectivity index (χ1v) is 6.45. The third kappa shape index (κ3) is 1.27. The Kier molecular flexibility index (Phi) is 2.15. The summed E-state index contributed by atoms with van der Waals surface area (Å²) in [6.45, 7) is 0. The number of carboxylic acid groups (broad SMARTS) is 1. The minimum Gasteiger partial charge on any atom is -0.481 e. The fraction of sp³-hybridized carbons (Fsp3) is 0.462. The number of fused-ring (bicyclic) bond motifs is 2. The first kappa shape index (κ1) is 10.3. The third-order valence-corrected chi connectivity index (χ3v) is 4.84. The van der Waals surface area contributed by atoms with Crippen LogP contribution in [-0.4, -0.2) is 11.1 Å². The number of halogens is 1. The summed E-state index contributed by atoms with van der Waals surface area (Å²) in [5.74, 6) is -0.794. The van der Waals surface area contributed by atoms with E-state index in [0.29, 0.717) is 0 Å². The van der Waals surface area contributed by atoms with Crippen molar-refractivity contribution in [3.05, 3.63) is 33.8 Å². The summed E-state index contributed by atoms with van der Waals surface area (Å²) < 4.78 is 1.14. The van der Waals surface area contributed by atoms with E-state index in [2.05, 4.69) is 28.1 Å². The molecule has 0 aromatic heterocycles. The van der Waals surface area contributed by atoms with Gasteiger partial charge in [0.25, 0.3) is 0 Å². The summed E-state index contributed by atoms with van der Waals surface area (Å²) >= 11 is 3.57. The lowest BCUT2D eigenvalue weighted by Gasteiger charge is -2.31. The minimum atomic E-state index is -0.622. The molecule has 1 saturated carbocycles. The monoisotopic (exact) mass is 280 g/mol. The Morgan fingerprint density at radius 3 is 2.81 bits per heavy atom. The molecule has 0 aliphatic heterocycles. The van der Waals surface area contributed by atoms with E-state index in [4.69, 9.17) is 0 Å². The van der Waals surface area contributed by atoms with Crippen LogP contribution in [-0.2, 0) is 16.6 Å². The van der Waals surface area contributed by atoms with Crippen LogP contribution in [0, 0.1) is 5.92 Å². The SMILES string of the molecule is O=C(O)C1CCc2c(Br)cccc2C12CC2. The average Bonchev–Trinajstić information content (AvgIpc) is 3.01. The van der Waals surface area contributed by atoms with Crippen molar-refractivity contribution in [2.75, 3.05) is 0 Å². The number of hydrogen-bond acceptors (Lipinski definition) is 1. The number of hydrogen-bond donors (Lipinski definition) is 1. The Morgan fingerprint density at radius 2 is 2.19 bits per heavy atom. The van der Waals surface area contributed by atoms with E-state index in [1.165, 1.54) is 11.1 Å². The molecule has 0 radical (unpaired) electrons. The summed E-state index contributed by atoms with van der Waals surface area (Å²) in [7, 11) is 0. The fourth-order valence-electron chi connectivity index (χ4n) is 3.14. The van der Waals surface area contributed by atoms with Gasteiger partial charge in [0.1, 0.15) is 0 Å². The van der Waals surface area contributed by atoms with Gasteiger partial charge in [-0.25, -0.2) is 0 Å². The van der Waals surface area contributed by atoms with Crippen molar-refractivity contribution in [3.63, 3.8) is 0 Å². The van der Waals surface area contributed by atoms with E-state index in [-0.39, 0.29) is 11.3 Å². The van der Waals surface area contributed by atoms with Crippen molar-refractivity contribution in [2.45, 2.75) is 31.1 Å². The molecule has 3 heteroatoms. The van der Waals surface area contributed by atoms with Gasteiger partial charge in [0.15, 0.2) is 0 Å². The molecule has 1 unspecified atom stereocenters. The topological polar surface area (TPSA) is 37.3 Å². The Labute approximate surface area is 103 Å². The lowest BCUT2D eigenvalue weighted by atomic mass is 9.72. The van der Waals surface area contributed by atoms with Crippen LogP contribution in [0.2, 0.25) is 0 Å². The molecule has 16 heavy (non-hydrogen) atoms. The van der Waals surface area contributed by atoms with Gasteiger partial charge < -0.3 is 5.11 Å². The molecule has 1 atom stereocenters. The van der Waals surface area contributed by atoms with Crippen LogP contribution in [0.1, 0.15) is 30.4 Å². The number of aliphatic carboxylic acids is 1. The molecule has 0 heterocycles. The Morgan fingerprint density at radius 1 is 1.44 bits per heavy atom. The Bertz CT molecular complexity index is 463. The second-order valence-electron chi connectivity index (χ2n) is 4.85. The number of carbonyl (C=O) groups is 1.